The predicted octanol–water partition coefficient (Wildman–Crippen LogP) is 5.62. The minimum Gasteiger partial charge on any atom is -0.268 e. The molecule has 0 saturated heterocycles. The molecule has 1 atom stereocenters. The summed E-state index contributed by atoms with van der Waals surface area (Å²) in [6.45, 7) is 8.64. The standard InChI is InChI=1S/C24H26N2OS/c1-5-24(4)15-17-11-9-10-14-19(17)21-20(24)22(27)26(18-12-7-6-8-13-18)23(25-21)28-16(2)3/h6-14,16H,5,15H2,1-4H3/t24-/m1/s1. The van der Waals surface area contributed by atoms with Crippen molar-refractivity contribution in [1.29, 1.82) is 0 Å². The fourth-order valence-electron chi connectivity index (χ4n) is 4.05. The summed E-state index contributed by atoms with van der Waals surface area (Å²) in [7, 11) is 0. The Morgan fingerprint density at radius 3 is 2.46 bits per heavy atom. The number of rotatable bonds is 4. The van der Waals surface area contributed by atoms with Gasteiger partial charge in [-0.3, -0.25) is 9.36 Å². The van der Waals surface area contributed by atoms with E-state index in [1.54, 1.807) is 11.8 Å². The van der Waals surface area contributed by atoms with Crippen molar-refractivity contribution in [3.8, 4) is 16.9 Å². The summed E-state index contributed by atoms with van der Waals surface area (Å²) in [5, 5.41) is 1.09. The van der Waals surface area contributed by atoms with Crippen molar-refractivity contribution in [3.63, 3.8) is 0 Å². The van der Waals surface area contributed by atoms with Crippen LogP contribution in [-0.2, 0) is 11.8 Å². The number of hydrogen-bond donors (Lipinski definition) is 0. The molecule has 0 aliphatic heterocycles. The van der Waals surface area contributed by atoms with Gasteiger partial charge in [-0.2, -0.15) is 0 Å². The highest BCUT2D eigenvalue weighted by atomic mass is 32.2. The van der Waals surface area contributed by atoms with Crippen LogP contribution in [-0.4, -0.2) is 14.8 Å². The van der Waals surface area contributed by atoms with Gasteiger partial charge >= 0.3 is 0 Å². The Morgan fingerprint density at radius 1 is 1.11 bits per heavy atom. The lowest BCUT2D eigenvalue weighted by Gasteiger charge is -2.36. The summed E-state index contributed by atoms with van der Waals surface area (Å²) < 4.78 is 1.81. The summed E-state index contributed by atoms with van der Waals surface area (Å²) in [5.74, 6) is 0. The third-order valence-electron chi connectivity index (χ3n) is 5.64. The smallest absolute Gasteiger partial charge is 0.263 e. The Balaban J connectivity index is 2.09. The van der Waals surface area contributed by atoms with Gasteiger partial charge in [0.25, 0.3) is 5.56 Å². The highest BCUT2D eigenvalue weighted by Gasteiger charge is 2.38. The first-order valence-electron chi connectivity index (χ1n) is 9.92. The monoisotopic (exact) mass is 390 g/mol. The number of aromatic nitrogens is 2. The van der Waals surface area contributed by atoms with Crippen molar-refractivity contribution in [2.45, 2.75) is 56.4 Å². The van der Waals surface area contributed by atoms with Crippen molar-refractivity contribution in [2.75, 3.05) is 0 Å². The molecule has 3 aromatic rings. The van der Waals surface area contributed by atoms with Gasteiger partial charge in [0.2, 0.25) is 0 Å². The quantitative estimate of drug-likeness (QED) is 0.428. The SMILES string of the molecule is CC[C@]1(C)Cc2ccccc2-c2nc(SC(C)C)n(-c3ccccc3)c(=O)c21. The minimum absolute atomic E-state index is 0.0678. The Labute approximate surface area is 170 Å². The minimum atomic E-state index is -0.217. The molecule has 0 saturated carbocycles. The van der Waals surface area contributed by atoms with E-state index in [0.717, 1.165) is 40.5 Å². The third kappa shape index (κ3) is 3.10. The van der Waals surface area contributed by atoms with E-state index in [4.69, 9.17) is 4.98 Å². The molecular formula is C24H26N2OS. The summed E-state index contributed by atoms with van der Waals surface area (Å²) in [4.78, 5) is 19.0. The second-order valence-electron chi connectivity index (χ2n) is 8.01. The van der Waals surface area contributed by atoms with Crippen LogP contribution in [0.15, 0.2) is 64.5 Å². The first kappa shape index (κ1) is 19.0. The average molecular weight is 391 g/mol. The molecule has 1 heterocycles. The van der Waals surface area contributed by atoms with Crippen LogP contribution in [0.2, 0.25) is 0 Å². The summed E-state index contributed by atoms with van der Waals surface area (Å²) >= 11 is 1.64. The van der Waals surface area contributed by atoms with Crippen LogP contribution in [0.4, 0.5) is 0 Å². The first-order valence-corrected chi connectivity index (χ1v) is 10.8. The van der Waals surface area contributed by atoms with Crippen LogP contribution in [0.1, 0.15) is 45.2 Å². The molecule has 0 radical (unpaired) electrons. The van der Waals surface area contributed by atoms with Crippen LogP contribution in [0.5, 0.6) is 0 Å². The maximum atomic E-state index is 13.9. The van der Waals surface area contributed by atoms with Gasteiger partial charge in [-0.25, -0.2) is 4.98 Å². The van der Waals surface area contributed by atoms with E-state index in [9.17, 15) is 4.79 Å². The summed E-state index contributed by atoms with van der Waals surface area (Å²) in [6, 6.07) is 18.3. The van der Waals surface area contributed by atoms with Crippen LogP contribution in [0, 0.1) is 0 Å². The topological polar surface area (TPSA) is 34.9 Å². The fraction of sp³-hybridized carbons (Fsp3) is 0.333. The highest BCUT2D eigenvalue weighted by Crippen LogP contribution is 2.43. The average Bonchev–Trinajstić information content (AvgIpc) is 2.68. The Morgan fingerprint density at radius 2 is 1.79 bits per heavy atom. The molecule has 0 amide bonds. The van der Waals surface area contributed by atoms with Crippen molar-refractivity contribution in [2.24, 2.45) is 0 Å². The van der Waals surface area contributed by atoms with E-state index in [0.29, 0.717) is 5.25 Å². The largest absolute Gasteiger partial charge is 0.268 e. The second-order valence-corrected chi connectivity index (χ2v) is 9.55. The zero-order valence-corrected chi connectivity index (χ0v) is 17.7. The zero-order valence-electron chi connectivity index (χ0n) is 16.9. The normalized spacial score (nSPS) is 18.0. The highest BCUT2D eigenvalue weighted by molar-refractivity contribution is 7.99. The van der Waals surface area contributed by atoms with Crippen LogP contribution in [0.25, 0.3) is 16.9 Å². The van der Waals surface area contributed by atoms with Gasteiger partial charge in [0.15, 0.2) is 5.16 Å². The number of thioether (sulfide) groups is 1. The first-order chi connectivity index (χ1) is 13.4. The van der Waals surface area contributed by atoms with Crippen molar-refractivity contribution < 1.29 is 0 Å². The van der Waals surface area contributed by atoms with Gasteiger partial charge in [-0.05, 0) is 30.5 Å². The number of nitrogens with zero attached hydrogens (tertiary/aromatic N) is 2. The molecule has 28 heavy (non-hydrogen) atoms. The molecule has 0 fully saturated rings. The van der Waals surface area contributed by atoms with E-state index in [1.165, 1.54) is 5.56 Å². The van der Waals surface area contributed by atoms with E-state index >= 15 is 0 Å². The van der Waals surface area contributed by atoms with Crippen molar-refractivity contribution in [1.82, 2.24) is 9.55 Å². The second kappa shape index (κ2) is 7.25. The van der Waals surface area contributed by atoms with E-state index in [2.05, 4.69) is 45.9 Å². The maximum absolute atomic E-state index is 13.9. The summed E-state index contributed by atoms with van der Waals surface area (Å²) in [5.41, 5.74) is 4.83. The third-order valence-corrected chi connectivity index (χ3v) is 6.60. The van der Waals surface area contributed by atoms with E-state index < -0.39 is 0 Å². The van der Waals surface area contributed by atoms with Crippen LogP contribution in [0.3, 0.4) is 0 Å². The molecule has 2 aromatic carbocycles. The van der Waals surface area contributed by atoms with E-state index in [-0.39, 0.29) is 11.0 Å². The predicted molar refractivity (Wildman–Crippen MR) is 118 cm³/mol. The fourth-order valence-corrected chi connectivity index (χ4v) is 4.91. The molecule has 1 aliphatic carbocycles. The Kier molecular flexibility index (Phi) is 4.92. The molecule has 3 nitrogen and oxygen atoms in total. The van der Waals surface area contributed by atoms with Gasteiger partial charge in [0.1, 0.15) is 0 Å². The number of fused-ring (bicyclic) bond motifs is 3. The molecule has 1 aliphatic rings. The van der Waals surface area contributed by atoms with Crippen molar-refractivity contribution in [3.05, 3.63) is 76.1 Å². The lowest BCUT2D eigenvalue weighted by molar-refractivity contribution is 0.435. The summed E-state index contributed by atoms with van der Waals surface area (Å²) in [6.07, 6.45) is 1.77. The molecule has 144 valence electrons. The van der Waals surface area contributed by atoms with E-state index in [1.807, 2.05) is 41.0 Å². The zero-order chi connectivity index (χ0) is 19.9. The molecule has 0 spiro atoms. The van der Waals surface area contributed by atoms with Crippen LogP contribution < -0.4 is 5.56 Å². The maximum Gasteiger partial charge on any atom is 0.263 e. The number of benzene rings is 2. The molecule has 4 heteroatoms. The number of para-hydroxylation sites is 1. The molecule has 4 rings (SSSR count). The Bertz CT molecular complexity index is 1070. The van der Waals surface area contributed by atoms with Gasteiger partial charge in [-0.1, -0.05) is 81.9 Å². The molecule has 0 bridgehead atoms. The molecular weight excluding hydrogens is 364 g/mol. The molecule has 1 aromatic heterocycles. The van der Waals surface area contributed by atoms with Gasteiger partial charge in [0.05, 0.1) is 16.9 Å². The Hall–Kier alpha value is -2.33. The van der Waals surface area contributed by atoms with Crippen molar-refractivity contribution >= 4 is 11.8 Å². The van der Waals surface area contributed by atoms with Crippen LogP contribution >= 0.6 is 11.8 Å². The van der Waals surface area contributed by atoms with Gasteiger partial charge in [0, 0.05) is 16.2 Å². The van der Waals surface area contributed by atoms with Gasteiger partial charge in [-0.15, -0.1) is 0 Å². The molecule has 0 unspecified atom stereocenters. The van der Waals surface area contributed by atoms with Gasteiger partial charge < -0.3 is 0 Å². The lowest BCUT2D eigenvalue weighted by atomic mass is 9.69. The lowest BCUT2D eigenvalue weighted by Crippen LogP contribution is -2.39. The number of hydrogen-bond acceptors (Lipinski definition) is 3. The molecule has 0 N–H and O–H groups in total.